The van der Waals surface area contributed by atoms with Gasteiger partial charge in [-0.25, -0.2) is 0 Å². The number of fused-ring (bicyclic) bond motifs is 2. The Balaban J connectivity index is 1.57. The predicted molar refractivity (Wildman–Crippen MR) is 171 cm³/mol. The number of allylic oxidation sites excluding steroid dienone is 8. The van der Waals surface area contributed by atoms with E-state index >= 15 is 0 Å². The molecule has 0 spiro atoms. The van der Waals surface area contributed by atoms with Gasteiger partial charge in [0.05, 0.1) is 0 Å². The minimum absolute atomic E-state index is 0.650. The summed E-state index contributed by atoms with van der Waals surface area (Å²) < 4.78 is 0. The predicted octanol–water partition coefficient (Wildman–Crippen LogP) is 8.84. The third-order valence-corrected chi connectivity index (χ3v) is 17.0. The van der Waals surface area contributed by atoms with E-state index < -0.39 is 8.07 Å². The molecule has 39 heavy (non-hydrogen) atoms. The first kappa shape index (κ1) is 26.8. The molecule has 0 N–H and O–H groups in total. The summed E-state index contributed by atoms with van der Waals surface area (Å²) in [7, 11) is -2.25. The van der Waals surface area contributed by atoms with Crippen molar-refractivity contribution in [2.75, 3.05) is 0 Å². The van der Waals surface area contributed by atoms with Crippen LogP contribution in [0.15, 0.2) is 109 Å². The van der Waals surface area contributed by atoms with Crippen LogP contribution >= 0.6 is 0 Å². The van der Waals surface area contributed by atoms with E-state index in [4.69, 9.17) is 0 Å². The van der Waals surface area contributed by atoms with Gasteiger partial charge in [0.2, 0.25) is 0 Å². The Kier molecular flexibility index (Phi) is 7.73. The molecule has 0 saturated heterocycles. The van der Waals surface area contributed by atoms with Crippen LogP contribution < -0.4 is 10.4 Å². The molecule has 4 aliphatic carbocycles. The van der Waals surface area contributed by atoms with Gasteiger partial charge in [0, 0.05) is 0 Å². The molecule has 0 nitrogen and oxygen atoms in total. The Labute approximate surface area is 239 Å². The summed E-state index contributed by atoms with van der Waals surface area (Å²) >= 11 is 0. The molecule has 204 valence electrons. The van der Waals surface area contributed by atoms with Crippen molar-refractivity contribution in [2.24, 2.45) is 47.3 Å². The van der Waals surface area contributed by atoms with Crippen LogP contribution in [0, 0.1) is 47.3 Å². The van der Waals surface area contributed by atoms with Gasteiger partial charge >= 0.3 is 0 Å². The quantitative estimate of drug-likeness (QED) is 0.298. The average Bonchev–Trinajstić information content (AvgIpc) is 3.49. The van der Waals surface area contributed by atoms with Gasteiger partial charge in [-0.15, -0.1) is 0 Å². The van der Waals surface area contributed by atoms with Gasteiger partial charge in [-0.2, -0.15) is 0 Å². The molecule has 2 aromatic carbocycles. The molecule has 0 bridgehead atoms. The molecule has 0 aromatic heterocycles. The van der Waals surface area contributed by atoms with Crippen LogP contribution in [0.5, 0.6) is 0 Å². The van der Waals surface area contributed by atoms with Crippen molar-refractivity contribution in [1.82, 2.24) is 0 Å². The molecule has 8 unspecified atom stereocenters. The molecular weight excluding hydrogens is 485 g/mol. The smallest absolute Gasteiger partial charge is 0.0808 e. The highest BCUT2D eigenvalue weighted by Gasteiger charge is 2.61. The normalized spacial score (nSPS) is 33.2. The van der Waals surface area contributed by atoms with Crippen molar-refractivity contribution in [1.29, 1.82) is 0 Å². The number of benzene rings is 2. The summed E-state index contributed by atoms with van der Waals surface area (Å²) in [5.41, 5.74) is 1.44. The van der Waals surface area contributed by atoms with Gasteiger partial charge in [-0.1, -0.05) is 147 Å². The van der Waals surface area contributed by atoms with E-state index in [2.05, 4.69) is 137 Å². The summed E-state index contributed by atoms with van der Waals surface area (Å²) in [6.07, 6.45) is 25.4. The lowest BCUT2D eigenvalue weighted by Crippen LogP contribution is -2.66. The van der Waals surface area contributed by atoms with E-state index in [1.807, 2.05) is 0 Å². The second-order valence-electron chi connectivity index (χ2n) is 13.9. The molecular formula is C38H48Si. The Hall–Kier alpha value is -2.38. The molecule has 4 aliphatic rings. The lowest BCUT2D eigenvalue weighted by atomic mass is 9.82. The molecule has 0 radical (unpaired) electrons. The van der Waals surface area contributed by atoms with Gasteiger partial charge in [0.1, 0.15) is 8.07 Å². The van der Waals surface area contributed by atoms with Crippen LogP contribution in [0.2, 0.25) is 11.1 Å². The Morgan fingerprint density at radius 1 is 0.538 bits per heavy atom. The number of rotatable bonds is 8. The summed E-state index contributed by atoms with van der Waals surface area (Å²) in [5.74, 6) is 5.73. The van der Waals surface area contributed by atoms with E-state index in [9.17, 15) is 0 Å². The first-order valence-electron chi connectivity index (χ1n) is 15.8. The van der Waals surface area contributed by atoms with E-state index in [1.165, 1.54) is 25.7 Å². The van der Waals surface area contributed by atoms with E-state index in [0.717, 1.165) is 34.8 Å². The minimum Gasteiger partial charge on any atom is -0.0808 e. The van der Waals surface area contributed by atoms with Crippen molar-refractivity contribution in [3.05, 3.63) is 109 Å². The van der Waals surface area contributed by atoms with Crippen LogP contribution in [-0.2, 0) is 0 Å². The zero-order chi connectivity index (χ0) is 27.0. The van der Waals surface area contributed by atoms with Crippen molar-refractivity contribution in [3.8, 4) is 0 Å². The highest BCUT2D eigenvalue weighted by atomic mass is 28.3. The topological polar surface area (TPSA) is 0 Å². The van der Waals surface area contributed by atoms with Gasteiger partial charge < -0.3 is 0 Å². The molecule has 6 rings (SSSR count). The summed E-state index contributed by atoms with van der Waals surface area (Å²) in [4.78, 5) is 0. The zero-order valence-corrected chi connectivity index (χ0v) is 25.5. The van der Waals surface area contributed by atoms with E-state index in [0.29, 0.717) is 23.7 Å². The lowest BCUT2D eigenvalue weighted by molar-refractivity contribution is 0.347. The maximum Gasteiger partial charge on any atom is 0.125 e. The number of hydrogen-bond acceptors (Lipinski definition) is 0. The molecule has 2 aromatic rings. The summed E-state index contributed by atoms with van der Waals surface area (Å²) in [6, 6.07) is 24.0. The van der Waals surface area contributed by atoms with Crippen LogP contribution in [0.3, 0.4) is 0 Å². The van der Waals surface area contributed by atoms with Crippen molar-refractivity contribution >= 4 is 18.4 Å². The fourth-order valence-electron chi connectivity index (χ4n) is 9.73. The first-order chi connectivity index (χ1) is 19.0. The second kappa shape index (κ2) is 11.2. The number of hydrogen-bond donors (Lipinski definition) is 0. The third kappa shape index (κ3) is 4.80. The Morgan fingerprint density at radius 2 is 0.897 bits per heavy atom. The van der Waals surface area contributed by atoms with Crippen LogP contribution in [-0.4, -0.2) is 8.07 Å². The maximum atomic E-state index is 2.64. The van der Waals surface area contributed by atoms with Gasteiger partial charge in [0.15, 0.2) is 0 Å². The zero-order valence-electron chi connectivity index (χ0n) is 24.5. The van der Waals surface area contributed by atoms with Crippen LogP contribution in [0.4, 0.5) is 0 Å². The third-order valence-electron chi connectivity index (χ3n) is 10.8. The molecule has 1 heteroatoms. The summed E-state index contributed by atoms with van der Waals surface area (Å²) in [6.45, 7) is 9.73. The molecule has 2 saturated carbocycles. The van der Waals surface area contributed by atoms with Crippen molar-refractivity contribution < 1.29 is 0 Å². The van der Waals surface area contributed by atoms with E-state index in [1.54, 1.807) is 10.4 Å². The van der Waals surface area contributed by atoms with E-state index in [-0.39, 0.29) is 0 Å². The molecule has 2 fully saturated rings. The van der Waals surface area contributed by atoms with Crippen LogP contribution in [0.25, 0.3) is 0 Å². The molecule has 0 heterocycles. The largest absolute Gasteiger partial charge is 0.125 e. The van der Waals surface area contributed by atoms with Crippen molar-refractivity contribution in [3.63, 3.8) is 0 Å². The Bertz CT molecular complexity index is 1120. The second-order valence-corrected chi connectivity index (χ2v) is 18.3. The lowest BCUT2D eigenvalue weighted by Gasteiger charge is -2.48. The molecule has 0 aliphatic heterocycles. The fraction of sp³-hybridized carbons (Fsp3) is 0.474. The van der Waals surface area contributed by atoms with Gasteiger partial charge in [0.25, 0.3) is 0 Å². The Morgan fingerprint density at radius 3 is 1.26 bits per heavy atom. The van der Waals surface area contributed by atoms with Crippen LogP contribution in [0.1, 0.15) is 53.4 Å². The summed E-state index contributed by atoms with van der Waals surface area (Å²) in [5, 5.41) is 3.37. The fourth-order valence-corrected chi connectivity index (χ4v) is 17.0. The average molecular weight is 533 g/mol. The standard InChI is InChI=1S/C38H48Si/c1-27(2)23-29-25-37(35-21-13-11-19-33(29)35)39(31-15-7-5-8-16-31,32-17-9-6-10-18-32)38-26-30(24-28(3)4)34-20-12-14-22-36(34)38/h5-22,27-30,33-38H,23-26H2,1-4H3. The monoisotopic (exact) mass is 532 g/mol. The van der Waals surface area contributed by atoms with Crippen molar-refractivity contribution in [2.45, 2.75) is 64.5 Å². The molecule has 8 atom stereocenters. The van der Waals surface area contributed by atoms with Gasteiger partial charge in [-0.05, 0) is 84.1 Å². The first-order valence-corrected chi connectivity index (χ1v) is 18.0. The minimum atomic E-state index is -2.25. The van der Waals surface area contributed by atoms with Gasteiger partial charge in [-0.3, -0.25) is 0 Å². The highest BCUT2D eigenvalue weighted by molar-refractivity contribution is 7.04. The maximum absolute atomic E-state index is 2.64. The highest BCUT2D eigenvalue weighted by Crippen LogP contribution is 2.62. The molecule has 0 amide bonds. The SMILES string of the molecule is CC(C)CC1CC([Si](c2ccccc2)(c2ccccc2)C2CC(CC(C)C)C3C=CC=CC32)C2C=CC=CC12.